The molecule has 2 aliphatic heterocycles. The molecule has 6 heteroatoms. The van der Waals surface area contributed by atoms with Crippen LogP contribution >= 0.6 is 0 Å². The molecule has 2 heterocycles. The van der Waals surface area contributed by atoms with Gasteiger partial charge in [-0.3, -0.25) is 9.69 Å². The monoisotopic (exact) mass is 527 g/mol. The van der Waals surface area contributed by atoms with Gasteiger partial charge in [0.05, 0.1) is 7.11 Å². The van der Waals surface area contributed by atoms with E-state index in [0.29, 0.717) is 35.9 Å². The number of aryl methyl sites for hydroxylation is 1. The molecule has 2 aromatic carbocycles. The summed E-state index contributed by atoms with van der Waals surface area (Å²) >= 11 is 0. The lowest BCUT2D eigenvalue weighted by atomic mass is 9.55. The summed E-state index contributed by atoms with van der Waals surface area (Å²) in [5, 5.41) is 0. The number of carbonyl (C=O) groups excluding carboxylic acids is 1. The van der Waals surface area contributed by atoms with Gasteiger partial charge >= 0.3 is 0 Å². The summed E-state index contributed by atoms with van der Waals surface area (Å²) in [6, 6.07) is 8.61. The van der Waals surface area contributed by atoms with Crippen LogP contribution in [-0.4, -0.2) is 44.8 Å². The molecule has 2 saturated carbocycles. The third kappa shape index (κ3) is 3.92. The van der Waals surface area contributed by atoms with Crippen LogP contribution in [0.15, 0.2) is 24.3 Å². The molecule has 0 bridgehead atoms. The molecule has 0 spiro atoms. The zero-order valence-corrected chi connectivity index (χ0v) is 23.2. The van der Waals surface area contributed by atoms with Gasteiger partial charge in [0.1, 0.15) is 24.2 Å². The van der Waals surface area contributed by atoms with E-state index >= 15 is 0 Å². The Balaban J connectivity index is 1.06. The summed E-state index contributed by atoms with van der Waals surface area (Å²) < 4.78 is 23.3. The Morgan fingerprint density at radius 3 is 2.87 bits per heavy atom. The van der Waals surface area contributed by atoms with E-state index in [1.165, 1.54) is 23.1 Å². The molecule has 7 rings (SSSR count). The van der Waals surface area contributed by atoms with Crippen molar-refractivity contribution in [2.45, 2.75) is 63.8 Å². The number of nitrogens with zero attached hydrogens (tertiary/aromatic N) is 1. The van der Waals surface area contributed by atoms with Crippen molar-refractivity contribution >= 4 is 5.78 Å². The second-order valence-corrected chi connectivity index (χ2v) is 12.2. The minimum atomic E-state index is -0.0956. The highest BCUT2D eigenvalue weighted by Gasteiger charge is 2.54. The van der Waals surface area contributed by atoms with Crippen LogP contribution in [-0.2, 0) is 17.6 Å². The van der Waals surface area contributed by atoms with Gasteiger partial charge in [0.2, 0.25) is 12.5 Å². The number of Topliss-reactive ketones (excluding diaryl/α,β-unsaturated/α-hetero) is 1. The van der Waals surface area contributed by atoms with Crippen molar-refractivity contribution < 1.29 is 23.7 Å². The van der Waals surface area contributed by atoms with Crippen molar-refractivity contribution in [2.24, 2.45) is 17.3 Å². The highest BCUT2D eigenvalue weighted by Crippen LogP contribution is 2.59. The molecule has 2 aromatic rings. The van der Waals surface area contributed by atoms with Gasteiger partial charge in [0.25, 0.3) is 0 Å². The van der Waals surface area contributed by atoms with Gasteiger partial charge in [-0.1, -0.05) is 24.8 Å². The smallest absolute Gasteiger partial charge is 0.231 e. The van der Waals surface area contributed by atoms with Crippen LogP contribution in [0, 0.1) is 29.1 Å². The summed E-state index contributed by atoms with van der Waals surface area (Å²) in [5.74, 6) is 12.1. The van der Waals surface area contributed by atoms with E-state index in [1.807, 2.05) is 0 Å². The molecule has 0 radical (unpaired) electrons. The van der Waals surface area contributed by atoms with E-state index < -0.39 is 0 Å². The van der Waals surface area contributed by atoms with Crippen LogP contribution < -0.4 is 18.9 Å². The normalized spacial score (nSPS) is 30.4. The summed E-state index contributed by atoms with van der Waals surface area (Å²) in [6.07, 6.45) is 7.20. The summed E-state index contributed by atoms with van der Waals surface area (Å²) in [5.41, 5.74) is 5.10. The Kier molecular flexibility index (Phi) is 6.04. The summed E-state index contributed by atoms with van der Waals surface area (Å²) in [7, 11) is 3.77. The molecule has 6 nitrogen and oxygen atoms in total. The van der Waals surface area contributed by atoms with Crippen LogP contribution in [0.4, 0.5) is 0 Å². The third-order valence-corrected chi connectivity index (χ3v) is 10.4. The fourth-order valence-electron chi connectivity index (χ4n) is 8.29. The Morgan fingerprint density at radius 2 is 2.00 bits per heavy atom. The van der Waals surface area contributed by atoms with Gasteiger partial charge in [-0.15, -0.1) is 0 Å². The lowest BCUT2D eigenvalue weighted by molar-refractivity contribution is -0.129. The zero-order chi connectivity index (χ0) is 26.7. The first-order valence-electron chi connectivity index (χ1n) is 14.4. The van der Waals surface area contributed by atoms with E-state index in [0.717, 1.165) is 67.9 Å². The molecule has 204 valence electrons. The average Bonchev–Trinajstić information content (AvgIpc) is 3.54. The van der Waals surface area contributed by atoms with Crippen molar-refractivity contribution in [3.63, 3.8) is 0 Å². The quantitative estimate of drug-likeness (QED) is 0.494. The van der Waals surface area contributed by atoms with E-state index in [-0.39, 0.29) is 18.2 Å². The Morgan fingerprint density at radius 1 is 1.10 bits per heavy atom. The maximum absolute atomic E-state index is 12.6. The van der Waals surface area contributed by atoms with E-state index in [4.69, 9.17) is 18.9 Å². The van der Waals surface area contributed by atoms with Crippen molar-refractivity contribution in [1.29, 1.82) is 0 Å². The maximum atomic E-state index is 12.6. The van der Waals surface area contributed by atoms with Gasteiger partial charge in [0.15, 0.2) is 11.5 Å². The van der Waals surface area contributed by atoms with Crippen LogP contribution in [0.1, 0.15) is 73.2 Å². The average molecular weight is 528 g/mol. The number of carbonyl (C=O) groups is 1. The van der Waals surface area contributed by atoms with Crippen molar-refractivity contribution in [2.75, 3.05) is 34.1 Å². The minimum absolute atomic E-state index is 0.0713. The second kappa shape index (κ2) is 9.48. The lowest BCUT2D eigenvalue weighted by Gasteiger charge is -2.48. The number of likely N-dealkylation sites (N-methyl/N-ethyl adjacent to an activating group) is 1. The minimum Gasteiger partial charge on any atom is -0.492 e. The highest BCUT2D eigenvalue weighted by molar-refractivity contribution is 5.87. The van der Waals surface area contributed by atoms with Crippen LogP contribution in [0.3, 0.4) is 0 Å². The number of methoxy groups -OCH3 is 1. The summed E-state index contributed by atoms with van der Waals surface area (Å²) in [6.45, 7) is 3.71. The Bertz CT molecular complexity index is 1390. The van der Waals surface area contributed by atoms with Gasteiger partial charge in [0, 0.05) is 23.9 Å². The van der Waals surface area contributed by atoms with Crippen molar-refractivity contribution in [3.05, 3.63) is 46.5 Å². The first-order valence-corrected chi connectivity index (χ1v) is 14.4. The number of ketones is 1. The fraction of sp³-hybridized carbons (Fsp3) is 0.545. The molecular weight excluding hydrogens is 490 g/mol. The molecule has 3 aliphatic carbocycles. The van der Waals surface area contributed by atoms with Crippen LogP contribution in [0.25, 0.3) is 0 Å². The van der Waals surface area contributed by atoms with E-state index in [1.54, 1.807) is 7.11 Å². The van der Waals surface area contributed by atoms with Crippen molar-refractivity contribution in [3.8, 4) is 34.8 Å². The lowest BCUT2D eigenvalue weighted by Crippen LogP contribution is -2.42. The topological polar surface area (TPSA) is 57.2 Å². The molecule has 5 atom stereocenters. The number of benzene rings is 2. The van der Waals surface area contributed by atoms with Crippen LogP contribution in [0.2, 0.25) is 0 Å². The van der Waals surface area contributed by atoms with Gasteiger partial charge in [-0.2, -0.15) is 0 Å². The Labute approximate surface area is 230 Å². The van der Waals surface area contributed by atoms with E-state index in [9.17, 15) is 4.79 Å². The molecule has 0 saturated heterocycles. The zero-order valence-electron chi connectivity index (χ0n) is 23.2. The Hall–Kier alpha value is -3.17. The fourth-order valence-corrected chi connectivity index (χ4v) is 8.29. The molecule has 5 aliphatic rings. The number of fused-ring (bicyclic) bond motifs is 7. The maximum Gasteiger partial charge on any atom is 0.231 e. The SMILES string of the molecule is COc1c2c(cc3c1[C@@H](C#CCOc1ccc4c(c1)CC[C@@H]1[C@@H]4CC[C@]4(C)C(=O)CC[C@H]14)N(C)CC3)OCO2. The third-order valence-electron chi connectivity index (χ3n) is 10.4. The predicted molar refractivity (Wildman–Crippen MR) is 148 cm³/mol. The van der Waals surface area contributed by atoms with E-state index in [2.05, 4.69) is 55.0 Å². The molecule has 0 amide bonds. The molecule has 0 N–H and O–H groups in total. The molecule has 2 fully saturated rings. The predicted octanol–water partition coefficient (Wildman–Crippen LogP) is 5.46. The number of rotatable bonds is 3. The highest BCUT2D eigenvalue weighted by atomic mass is 16.7. The van der Waals surface area contributed by atoms with Crippen molar-refractivity contribution in [1.82, 2.24) is 4.90 Å². The van der Waals surface area contributed by atoms with Gasteiger partial charge < -0.3 is 18.9 Å². The molecular formula is C33H37NO5. The molecule has 0 aromatic heterocycles. The van der Waals surface area contributed by atoms with Crippen LogP contribution in [0.5, 0.6) is 23.0 Å². The second-order valence-electron chi connectivity index (χ2n) is 12.2. The number of hydrogen-bond acceptors (Lipinski definition) is 6. The first kappa shape index (κ1) is 24.8. The first-order chi connectivity index (χ1) is 19.0. The molecule has 0 unspecified atom stereocenters. The number of hydrogen-bond donors (Lipinski definition) is 0. The largest absolute Gasteiger partial charge is 0.492 e. The number of ether oxygens (including phenoxy) is 4. The van der Waals surface area contributed by atoms with Gasteiger partial charge in [-0.25, -0.2) is 0 Å². The molecule has 39 heavy (non-hydrogen) atoms. The summed E-state index contributed by atoms with van der Waals surface area (Å²) in [4.78, 5) is 14.9. The standard InChI is InChI=1S/C33H37NO5/c1-33-14-12-24-23-9-7-22(17-20(23)6-8-25(24)26(33)10-11-29(33)35)37-16-4-5-27-30-21(13-15-34(27)2)18-28-31(32(30)36-3)39-19-38-28/h7,9,17-18,24-27H,6,8,10-16,19H2,1-3H3/t24-,25-,26-,27-,33+/m1/s1. The van der Waals surface area contributed by atoms with Gasteiger partial charge in [-0.05, 0) is 98.2 Å².